The second-order valence-corrected chi connectivity index (χ2v) is 13.0. The van der Waals surface area contributed by atoms with E-state index in [1.807, 2.05) is 60.7 Å². The molecular weight excluding hydrogens is 670 g/mol. The van der Waals surface area contributed by atoms with Crippen molar-refractivity contribution in [3.63, 3.8) is 0 Å². The summed E-state index contributed by atoms with van der Waals surface area (Å²) < 4.78 is 5.40. The third-order valence-electron chi connectivity index (χ3n) is 9.60. The third kappa shape index (κ3) is 10.4. The van der Waals surface area contributed by atoms with Crippen LogP contribution in [0.3, 0.4) is 0 Å². The molecule has 0 unspecified atom stereocenters. The van der Waals surface area contributed by atoms with Gasteiger partial charge in [-0.2, -0.15) is 0 Å². The molecule has 0 radical (unpaired) electrons. The van der Waals surface area contributed by atoms with Crippen molar-refractivity contribution >= 4 is 35.8 Å². The Morgan fingerprint density at radius 1 is 0.922 bits per heavy atom. The van der Waals surface area contributed by atoms with Crippen LogP contribution in [0.2, 0.25) is 0 Å². The van der Waals surface area contributed by atoms with E-state index in [1.54, 1.807) is 12.1 Å². The number of anilines is 1. The first-order chi connectivity index (χ1) is 24.4. The van der Waals surface area contributed by atoms with Crippen LogP contribution in [0, 0.1) is 11.8 Å². The molecule has 1 aromatic heterocycles. The molecule has 3 amide bonds. The number of nitrogens with one attached hydrogen (secondary N) is 4. The summed E-state index contributed by atoms with van der Waals surface area (Å²) in [5.41, 5.74) is 10.5. The lowest BCUT2D eigenvalue weighted by molar-refractivity contribution is -0.130. The van der Waals surface area contributed by atoms with Crippen LogP contribution in [0.4, 0.5) is 5.69 Å². The first-order valence-electron chi connectivity index (χ1n) is 17.4. The Hall–Kier alpha value is -4.69. The van der Waals surface area contributed by atoms with Gasteiger partial charge in [-0.15, -0.1) is 17.5 Å². The lowest BCUT2D eigenvalue weighted by Crippen LogP contribution is -2.48. The minimum absolute atomic E-state index is 0. The zero-order valence-electron chi connectivity index (χ0n) is 28.6. The van der Waals surface area contributed by atoms with E-state index >= 15 is 0 Å². The van der Waals surface area contributed by atoms with Crippen LogP contribution in [-0.4, -0.2) is 95.2 Å². The predicted octanol–water partition coefficient (Wildman–Crippen LogP) is 3.45. The number of tetrazole rings is 1. The Bertz CT molecular complexity index is 1720. The van der Waals surface area contributed by atoms with E-state index in [0.29, 0.717) is 36.1 Å². The molecule has 2 heterocycles. The average Bonchev–Trinajstić information content (AvgIpc) is 3.71. The number of rotatable bonds is 13. The van der Waals surface area contributed by atoms with Gasteiger partial charge < -0.3 is 26.4 Å². The summed E-state index contributed by atoms with van der Waals surface area (Å²) in [6.07, 6.45) is 3.61. The van der Waals surface area contributed by atoms with Crippen LogP contribution >= 0.6 is 12.4 Å². The van der Waals surface area contributed by atoms with Crippen LogP contribution in [0.15, 0.2) is 72.8 Å². The maximum atomic E-state index is 13.8. The highest BCUT2D eigenvalue weighted by Crippen LogP contribution is 2.29. The summed E-state index contributed by atoms with van der Waals surface area (Å²) in [4.78, 5) is 42.5. The maximum absolute atomic E-state index is 13.8. The van der Waals surface area contributed by atoms with Gasteiger partial charge in [-0.1, -0.05) is 36.4 Å². The van der Waals surface area contributed by atoms with Gasteiger partial charge in [0.2, 0.25) is 11.8 Å². The van der Waals surface area contributed by atoms with Crippen molar-refractivity contribution < 1.29 is 19.1 Å². The van der Waals surface area contributed by atoms with Crippen LogP contribution in [0.25, 0.3) is 22.5 Å². The van der Waals surface area contributed by atoms with E-state index in [1.165, 1.54) is 0 Å². The number of halogens is 1. The van der Waals surface area contributed by atoms with E-state index < -0.39 is 6.04 Å². The molecule has 0 spiro atoms. The molecule has 0 bridgehead atoms. The smallest absolute Gasteiger partial charge is 0.251 e. The number of hydrogen-bond acceptors (Lipinski definition) is 9. The number of benzene rings is 3. The molecule has 270 valence electrons. The highest BCUT2D eigenvalue weighted by atomic mass is 35.5. The van der Waals surface area contributed by atoms with Crippen molar-refractivity contribution in [3.05, 3.63) is 83.9 Å². The van der Waals surface area contributed by atoms with Crippen LogP contribution in [0.1, 0.15) is 41.6 Å². The number of morpholine rings is 1. The molecule has 6 rings (SSSR count). The molecule has 51 heavy (non-hydrogen) atoms. The first-order valence-corrected chi connectivity index (χ1v) is 17.4. The van der Waals surface area contributed by atoms with Gasteiger partial charge in [-0.3, -0.25) is 19.3 Å². The SMILES string of the molecule is Cl.NC[C@H]1CC[C@H](C(=O)N[C@@H](Cc2cccc(-c3cccc(C(=O)NCCN4CCOCC4)c3)c2)C(=O)Nc2ccc(-c3nnn[nH]3)cc2)CC1. The second-order valence-electron chi connectivity index (χ2n) is 13.0. The van der Waals surface area contributed by atoms with Gasteiger partial charge in [0.25, 0.3) is 5.91 Å². The van der Waals surface area contributed by atoms with E-state index in [4.69, 9.17) is 10.5 Å². The Morgan fingerprint density at radius 3 is 2.35 bits per heavy atom. The minimum atomic E-state index is -0.813. The number of carbonyl (C=O) groups is 3. The molecule has 1 atom stereocenters. The minimum Gasteiger partial charge on any atom is -0.379 e. The van der Waals surface area contributed by atoms with Gasteiger partial charge in [-0.25, -0.2) is 5.10 Å². The van der Waals surface area contributed by atoms with Crippen LogP contribution < -0.4 is 21.7 Å². The van der Waals surface area contributed by atoms with Gasteiger partial charge in [-0.05, 0) is 102 Å². The second kappa shape index (κ2) is 18.5. The average molecular weight is 716 g/mol. The van der Waals surface area contributed by atoms with Gasteiger partial charge in [0.05, 0.1) is 13.2 Å². The lowest BCUT2D eigenvalue weighted by atomic mass is 9.81. The molecule has 6 N–H and O–H groups in total. The Morgan fingerprint density at radius 2 is 1.65 bits per heavy atom. The summed E-state index contributed by atoms with van der Waals surface area (Å²) in [5, 5.41) is 23.0. The number of hydrogen-bond donors (Lipinski definition) is 5. The quantitative estimate of drug-likeness (QED) is 0.139. The largest absolute Gasteiger partial charge is 0.379 e. The number of nitrogens with zero attached hydrogens (tertiary/aromatic N) is 4. The summed E-state index contributed by atoms with van der Waals surface area (Å²) in [6.45, 7) is 5.16. The number of carbonyl (C=O) groups excluding carboxylic acids is 3. The number of amides is 3. The molecule has 14 heteroatoms. The maximum Gasteiger partial charge on any atom is 0.251 e. The third-order valence-corrected chi connectivity index (χ3v) is 9.60. The van der Waals surface area contributed by atoms with Crippen molar-refractivity contribution in [3.8, 4) is 22.5 Å². The standard InChI is InChI=1S/C37H45N9O4.ClH/c38-24-25-7-9-28(10-8-25)36(48)41-33(37(49)40-32-13-11-27(12-14-32)34-42-44-45-43-34)22-26-3-1-4-29(21-26)30-5-2-6-31(23-30)35(47)39-15-16-46-17-19-50-20-18-46;/h1-6,11-14,21,23,25,28,33H,7-10,15-20,22,24,38H2,(H,39,47)(H,40,49)(H,41,48)(H,42,43,44,45);1H/t25-,28-,33-;/m0./s1. The van der Waals surface area contributed by atoms with E-state index in [2.05, 4.69) is 41.5 Å². The summed E-state index contributed by atoms with van der Waals surface area (Å²) in [7, 11) is 0. The summed E-state index contributed by atoms with van der Waals surface area (Å²) in [6, 6.07) is 21.7. The first kappa shape index (κ1) is 37.6. The zero-order chi connectivity index (χ0) is 34.7. The fourth-order valence-corrected chi connectivity index (χ4v) is 6.59. The number of nitrogens with two attached hydrogens (primary N) is 1. The summed E-state index contributed by atoms with van der Waals surface area (Å²) in [5.74, 6) is 0.253. The lowest BCUT2D eigenvalue weighted by Gasteiger charge is -2.28. The van der Waals surface area contributed by atoms with Crippen molar-refractivity contribution in [2.24, 2.45) is 17.6 Å². The van der Waals surface area contributed by atoms with Crippen LogP contribution in [0.5, 0.6) is 0 Å². The van der Waals surface area contributed by atoms with Gasteiger partial charge >= 0.3 is 0 Å². The Kier molecular flexibility index (Phi) is 13.6. The predicted molar refractivity (Wildman–Crippen MR) is 197 cm³/mol. The van der Waals surface area contributed by atoms with Crippen molar-refractivity contribution in [1.29, 1.82) is 0 Å². The van der Waals surface area contributed by atoms with E-state index in [0.717, 1.165) is 80.8 Å². The summed E-state index contributed by atoms with van der Waals surface area (Å²) >= 11 is 0. The Balaban J connectivity index is 0.00000504. The highest BCUT2D eigenvalue weighted by molar-refractivity contribution is 5.98. The molecule has 1 saturated heterocycles. The van der Waals surface area contributed by atoms with Crippen molar-refractivity contribution in [1.82, 2.24) is 36.2 Å². The molecule has 2 fully saturated rings. The number of H-pyrrole nitrogens is 1. The fourth-order valence-electron chi connectivity index (χ4n) is 6.59. The number of aromatic amines is 1. The molecule has 1 saturated carbocycles. The van der Waals surface area contributed by atoms with Gasteiger partial charge in [0.15, 0.2) is 5.82 Å². The molecule has 4 aromatic rings. The van der Waals surface area contributed by atoms with Crippen molar-refractivity contribution in [2.75, 3.05) is 51.3 Å². The Labute approximate surface area is 303 Å². The molecule has 3 aromatic carbocycles. The molecule has 2 aliphatic rings. The van der Waals surface area contributed by atoms with Crippen molar-refractivity contribution in [2.45, 2.75) is 38.1 Å². The highest BCUT2D eigenvalue weighted by Gasteiger charge is 2.29. The number of aromatic nitrogens is 4. The van der Waals surface area contributed by atoms with Gasteiger partial charge in [0.1, 0.15) is 6.04 Å². The molecule has 13 nitrogen and oxygen atoms in total. The van der Waals surface area contributed by atoms with Crippen LogP contribution in [-0.2, 0) is 20.7 Å². The molecule has 1 aliphatic carbocycles. The number of ether oxygens (including phenoxy) is 1. The normalized spacial score (nSPS) is 18.2. The molecule has 1 aliphatic heterocycles. The van der Waals surface area contributed by atoms with Gasteiger partial charge in [0, 0.05) is 55.3 Å². The topological polar surface area (TPSA) is 180 Å². The fraction of sp³-hybridized carbons (Fsp3) is 0.405. The monoisotopic (exact) mass is 715 g/mol. The zero-order valence-corrected chi connectivity index (χ0v) is 29.4. The van der Waals surface area contributed by atoms with E-state index in [-0.39, 0.29) is 42.5 Å². The van der Waals surface area contributed by atoms with E-state index in [9.17, 15) is 14.4 Å². The molecular formula is C37H46ClN9O4.